The van der Waals surface area contributed by atoms with Gasteiger partial charge in [-0.25, -0.2) is 4.79 Å². The number of halogens is 1. The van der Waals surface area contributed by atoms with Crippen LogP contribution < -0.4 is 4.74 Å². The van der Waals surface area contributed by atoms with Crippen molar-refractivity contribution in [3.05, 3.63) is 40.9 Å². The van der Waals surface area contributed by atoms with Gasteiger partial charge in [0.1, 0.15) is 5.76 Å². The molecule has 0 atom stereocenters. The van der Waals surface area contributed by atoms with E-state index in [0.29, 0.717) is 17.3 Å². The predicted molar refractivity (Wildman–Crippen MR) is 62.7 cm³/mol. The molecule has 0 saturated heterocycles. The minimum Gasteiger partial charge on any atom is -0.478 e. The van der Waals surface area contributed by atoms with Gasteiger partial charge in [0.2, 0.25) is 0 Å². The molecule has 0 spiro atoms. The van der Waals surface area contributed by atoms with Crippen molar-refractivity contribution in [3.63, 3.8) is 0 Å². The third-order valence-corrected chi connectivity index (χ3v) is 2.59. The molecule has 0 unspecified atom stereocenters. The van der Waals surface area contributed by atoms with Crippen molar-refractivity contribution < 1.29 is 19.1 Å². The summed E-state index contributed by atoms with van der Waals surface area (Å²) >= 11 is 5.78. The Hall–Kier alpha value is -1.94. The number of carboxylic acid groups (broad SMARTS) is 1. The van der Waals surface area contributed by atoms with Gasteiger partial charge in [0, 0.05) is 11.6 Å². The van der Waals surface area contributed by atoms with Crippen molar-refractivity contribution in [1.29, 1.82) is 0 Å². The molecule has 1 aromatic heterocycles. The molecule has 1 N–H and O–H groups in total. The highest BCUT2D eigenvalue weighted by Gasteiger charge is 2.12. The van der Waals surface area contributed by atoms with Gasteiger partial charge in [-0.15, -0.1) is 0 Å². The largest absolute Gasteiger partial charge is 0.478 e. The van der Waals surface area contributed by atoms with Gasteiger partial charge in [0.25, 0.3) is 5.95 Å². The molecule has 0 bridgehead atoms. The van der Waals surface area contributed by atoms with Crippen LogP contribution >= 0.6 is 11.6 Å². The third-order valence-electron chi connectivity index (χ3n) is 2.26. The number of ether oxygens (including phenoxy) is 1. The molecule has 1 heterocycles. The topological polar surface area (TPSA) is 59.7 Å². The summed E-state index contributed by atoms with van der Waals surface area (Å²) in [6, 6.07) is 8.03. The van der Waals surface area contributed by atoms with Gasteiger partial charge < -0.3 is 14.3 Å². The van der Waals surface area contributed by atoms with E-state index in [9.17, 15) is 4.79 Å². The maximum Gasteiger partial charge on any atom is 0.337 e. The Morgan fingerprint density at radius 1 is 1.35 bits per heavy atom. The number of rotatable bonds is 3. The maximum absolute atomic E-state index is 10.9. The van der Waals surface area contributed by atoms with Crippen LogP contribution in [0.4, 0.5) is 0 Å². The number of carboxylic acids is 1. The Morgan fingerprint density at radius 2 is 2.12 bits per heavy atom. The first-order valence-electron chi connectivity index (χ1n) is 4.79. The zero-order chi connectivity index (χ0) is 12.4. The number of carbonyl (C=O) groups is 1. The fourth-order valence-electron chi connectivity index (χ4n) is 1.43. The summed E-state index contributed by atoms with van der Waals surface area (Å²) in [6.45, 7) is 0. The molecule has 0 radical (unpaired) electrons. The van der Waals surface area contributed by atoms with Gasteiger partial charge in [-0.3, -0.25) is 0 Å². The van der Waals surface area contributed by atoms with E-state index in [1.807, 2.05) is 0 Å². The lowest BCUT2D eigenvalue weighted by Crippen LogP contribution is -1.97. The predicted octanol–water partition coefficient (Wildman–Crippen LogP) is 3.31. The lowest BCUT2D eigenvalue weighted by Gasteiger charge is -2.01. The average molecular weight is 253 g/mol. The Labute approximate surface area is 102 Å². The summed E-state index contributed by atoms with van der Waals surface area (Å²) < 4.78 is 10.2. The zero-order valence-electron chi connectivity index (χ0n) is 8.94. The Morgan fingerprint density at radius 3 is 2.71 bits per heavy atom. The molecule has 0 aliphatic heterocycles. The third kappa shape index (κ3) is 2.26. The van der Waals surface area contributed by atoms with Crippen LogP contribution in [0.1, 0.15) is 10.4 Å². The van der Waals surface area contributed by atoms with Crippen LogP contribution in [0.25, 0.3) is 11.3 Å². The second-order valence-corrected chi connectivity index (χ2v) is 3.73. The summed E-state index contributed by atoms with van der Waals surface area (Å²) in [5.74, 6) is -0.178. The van der Waals surface area contributed by atoms with E-state index < -0.39 is 5.97 Å². The van der Waals surface area contributed by atoms with E-state index in [4.69, 9.17) is 25.9 Å². The molecule has 0 saturated carbocycles. The second kappa shape index (κ2) is 4.51. The van der Waals surface area contributed by atoms with E-state index in [0.717, 1.165) is 0 Å². The van der Waals surface area contributed by atoms with E-state index in [2.05, 4.69) is 0 Å². The fourth-order valence-corrected chi connectivity index (χ4v) is 1.63. The summed E-state index contributed by atoms with van der Waals surface area (Å²) in [4.78, 5) is 10.9. The van der Waals surface area contributed by atoms with E-state index in [1.54, 1.807) is 18.2 Å². The Bertz CT molecular complexity index is 559. The summed E-state index contributed by atoms with van der Waals surface area (Å²) in [6.07, 6.45) is 0. The quantitative estimate of drug-likeness (QED) is 0.910. The highest BCUT2D eigenvalue weighted by Crippen LogP contribution is 2.29. The molecule has 2 rings (SSSR count). The molecule has 5 heteroatoms. The van der Waals surface area contributed by atoms with Crippen LogP contribution in [0, 0.1) is 0 Å². The molecule has 0 aliphatic rings. The minimum atomic E-state index is -1.07. The van der Waals surface area contributed by atoms with Crippen molar-refractivity contribution in [1.82, 2.24) is 0 Å². The van der Waals surface area contributed by atoms with Gasteiger partial charge in [-0.1, -0.05) is 11.6 Å². The number of furan rings is 1. The molecule has 4 nitrogen and oxygen atoms in total. The molecule has 0 fully saturated rings. The number of methoxy groups -OCH3 is 1. The number of benzene rings is 1. The molecule has 2 aromatic rings. The molecular weight excluding hydrogens is 244 g/mol. The van der Waals surface area contributed by atoms with Gasteiger partial charge in [0.15, 0.2) is 0 Å². The lowest BCUT2D eigenvalue weighted by molar-refractivity contribution is 0.0697. The van der Waals surface area contributed by atoms with E-state index in [-0.39, 0.29) is 10.6 Å². The SMILES string of the molecule is COc1ccc(-c2ccc(Cl)c(C(=O)O)c2)o1. The average Bonchev–Trinajstić information content (AvgIpc) is 2.78. The first kappa shape index (κ1) is 11.5. The number of aromatic carboxylic acids is 1. The Balaban J connectivity index is 2.46. The van der Waals surface area contributed by atoms with Crippen LogP contribution in [0.3, 0.4) is 0 Å². The summed E-state index contributed by atoms with van der Waals surface area (Å²) in [5.41, 5.74) is 0.676. The van der Waals surface area contributed by atoms with Crippen molar-refractivity contribution in [2.45, 2.75) is 0 Å². The minimum absolute atomic E-state index is 0.0412. The van der Waals surface area contributed by atoms with Gasteiger partial charge in [-0.2, -0.15) is 0 Å². The molecule has 17 heavy (non-hydrogen) atoms. The number of hydrogen-bond donors (Lipinski definition) is 1. The standard InChI is InChI=1S/C12H9ClO4/c1-16-11-5-4-10(17-11)7-2-3-9(13)8(6-7)12(14)15/h2-6H,1H3,(H,14,15). The van der Waals surface area contributed by atoms with Gasteiger partial charge in [0.05, 0.1) is 17.7 Å². The fraction of sp³-hybridized carbons (Fsp3) is 0.0833. The monoisotopic (exact) mass is 252 g/mol. The summed E-state index contributed by atoms with van der Waals surface area (Å²) in [7, 11) is 1.49. The van der Waals surface area contributed by atoms with Crippen LogP contribution in [0.5, 0.6) is 5.95 Å². The normalized spacial score (nSPS) is 10.2. The smallest absolute Gasteiger partial charge is 0.337 e. The van der Waals surface area contributed by atoms with E-state index in [1.165, 1.54) is 19.2 Å². The van der Waals surface area contributed by atoms with Crippen molar-refractivity contribution >= 4 is 17.6 Å². The highest BCUT2D eigenvalue weighted by atomic mass is 35.5. The van der Waals surface area contributed by atoms with Crippen molar-refractivity contribution in [2.24, 2.45) is 0 Å². The second-order valence-electron chi connectivity index (χ2n) is 3.32. The highest BCUT2D eigenvalue weighted by molar-refractivity contribution is 6.33. The first-order valence-corrected chi connectivity index (χ1v) is 5.16. The molecule has 0 amide bonds. The van der Waals surface area contributed by atoms with Crippen LogP contribution in [-0.2, 0) is 0 Å². The van der Waals surface area contributed by atoms with Crippen LogP contribution in [-0.4, -0.2) is 18.2 Å². The van der Waals surface area contributed by atoms with Crippen LogP contribution in [0.15, 0.2) is 34.7 Å². The summed E-state index contributed by atoms with van der Waals surface area (Å²) in [5, 5.41) is 9.14. The number of hydrogen-bond acceptors (Lipinski definition) is 3. The van der Waals surface area contributed by atoms with Crippen LogP contribution in [0.2, 0.25) is 5.02 Å². The van der Waals surface area contributed by atoms with E-state index >= 15 is 0 Å². The molecular formula is C12H9ClO4. The maximum atomic E-state index is 10.9. The van der Waals surface area contributed by atoms with Gasteiger partial charge >= 0.3 is 5.97 Å². The molecule has 88 valence electrons. The zero-order valence-corrected chi connectivity index (χ0v) is 9.69. The lowest BCUT2D eigenvalue weighted by atomic mass is 10.1. The van der Waals surface area contributed by atoms with Crippen molar-refractivity contribution in [2.75, 3.05) is 7.11 Å². The van der Waals surface area contributed by atoms with Gasteiger partial charge in [-0.05, 0) is 24.3 Å². The Kier molecular flexibility index (Phi) is 3.06. The molecule has 0 aliphatic carbocycles. The van der Waals surface area contributed by atoms with Crippen molar-refractivity contribution in [3.8, 4) is 17.3 Å². The first-order chi connectivity index (χ1) is 8.11. The molecule has 1 aromatic carbocycles.